The first kappa shape index (κ1) is 24.6. The number of carbonyl (C=O) groups excluding carboxylic acids is 1. The maximum atomic E-state index is 14.3. The zero-order chi connectivity index (χ0) is 25.1. The van der Waals surface area contributed by atoms with Crippen LogP contribution in [0.1, 0.15) is 47.5 Å². The fourth-order valence-corrected chi connectivity index (χ4v) is 5.86. The van der Waals surface area contributed by atoms with E-state index < -0.39 is 6.10 Å². The van der Waals surface area contributed by atoms with Crippen molar-refractivity contribution in [2.45, 2.75) is 31.3 Å². The Morgan fingerprint density at radius 2 is 2.17 bits per heavy atom. The van der Waals surface area contributed by atoms with Gasteiger partial charge in [-0.15, -0.1) is 11.3 Å². The Bertz CT molecular complexity index is 1260. The van der Waals surface area contributed by atoms with E-state index >= 15 is 0 Å². The number of halogens is 2. The second-order valence-electron chi connectivity index (χ2n) is 8.38. The van der Waals surface area contributed by atoms with Gasteiger partial charge in [0.1, 0.15) is 17.9 Å². The molecule has 1 atom stereocenters. The smallest absolute Gasteiger partial charge is 0.260 e. The molecule has 1 saturated heterocycles. The fraction of sp³-hybridized carbons (Fsp3) is 0.375. The third-order valence-electron chi connectivity index (χ3n) is 6.20. The lowest BCUT2D eigenvalue weighted by molar-refractivity contribution is -0.134. The van der Waals surface area contributed by atoms with Gasteiger partial charge in [0.25, 0.3) is 11.8 Å². The van der Waals surface area contributed by atoms with Gasteiger partial charge < -0.3 is 19.2 Å². The second kappa shape index (κ2) is 10.9. The summed E-state index contributed by atoms with van der Waals surface area (Å²) in [5, 5.41) is 7.17. The molecule has 1 aromatic carbocycles. The number of likely N-dealkylation sites (tertiary alicyclic amines) is 1. The minimum atomic E-state index is -0.487. The van der Waals surface area contributed by atoms with Crippen molar-refractivity contribution in [3.8, 4) is 11.6 Å². The Labute approximate surface area is 219 Å². The molecule has 188 valence electrons. The number of hydrogen-bond acceptors (Lipinski definition) is 9. The Morgan fingerprint density at radius 3 is 2.94 bits per heavy atom. The van der Waals surface area contributed by atoms with Gasteiger partial charge in [-0.3, -0.25) is 4.79 Å². The van der Waals surface area contributed by atoms with Crippen molar-refractivity contribution in [1.29, 1.82) is 0 Å². The highest BCUT2D eigenvalue weighted by Gasteiger charge is 2.31. The number of ether oxygens (including phenoxy) is 2. The molecule has 0 N–H and O–H groups in total. The molecule has 9 nitrogen and oxygen atoms in total. The summed E-state index contributed by atoms with van der Waals surface area (Å²) >= 11 is 4.98. The van der Waals surface area contributed by atoms with Crippen LogP contribution in [0.2, 0.25) is 0 Å². The van der Waals surface area contributed by atoms with Gasteiger partial charge in [0.2, 0.25) is 0 Å². The normalized spacial score (nSPS) is 18.0. The average molecular weight is 576 g/mol. The summed E-state index contributed by atoms with van der Waals surface area (Å²) in [4.78, 5) is 32.7. The Morgan fingerprint density at radius 1 is 1.33 bits per heavy atom. The highest BCUT2D eigenvalue weighted by Crippen LogP contribution is 2.37. The number of amides is 1. The maximum Gasteiger partial charge on any atom is 0.260 e. The number of rotatable bonds is 7. The van der Waals surface area contributed by atoms with Crippen LogP contribution in [0.25, 0.3) is 0 Å². The molecule has 3 aromatic rings. The first-order valence-corrected chi connectivity index (χ1v) is 13.1. The van der Waals surface area contributed by atoms with Crippen molar-refractivity contribution in [1.82, 2.24) is 19.9 Å². The molecule has 1 amide bonds. The zero-order valence-electron chi connectivity index (χ0n) is 19.4. The van der Waals surface area contributed by atoms with Crippen LogP contribution >= 0.6 is 27.3 Å². The number of thiazole rings is 1. The minimum absolute atomic E-state index is 0.100. The maximum absolute atomic E-state index is 14.3. The highest BCUT2D eigenvalue weighted by molar-refractivity contribution is 9.10. The van der Waals surface area contributed by atoms with Crippen LogP contribution in [-0.4, -0.2) is 58.3 Å². The van der Waals surface area contributed by atoms with Crippen molar-refractivity contribution in [3.63, 3.8) is 0 Å². The van der Waals surface area contributed by atoms with Crippen LogP contribution in [-0.2, 0) is 9.63 Å². The second-order valence-corrected chi connectivity index (χ2v) is 10.1. The van der Waals surface area contributed by atoms with E-state index in [0.717, 1.165) is 23.5 Å². The van der Waals surface area contributed by atoms with Gasteiger partial charge in [0.05, 0.1) is 24.0 Å². The third-order valence-corrected chi connectivity index (χ3v) is 7.90. The number of carbonyl (C=O) groups is 1. The number of hydrogen-bond donors (Lipinski definition) is 0. The summed E-state index contributed by atoms with van der Waals surface area (Å²) in [5.74, 6) is 0.461. The summed E-state index contributed by atoms with van der Waals surface area (Å²) in [6.07, 6.45) is 4.42. The molecular weight excluding hydrogens is 553 g/mol. The fourth-order valence-electron chi connectivity index (χ4n) is 4.26. The van der Waals surface area contributed by atoms with E-state index in [9.17, 15) is 9.18 Å². The molecule has 0 bridgehead atoms. The van der Waals surface area contributed by atoms with E-state index in [4.69, 9.17) is 19.3 Å². The highest BCUT2D eigenvalue weighted by atomic mass is 79.9. The van der Waals surface area contributed by atoms with Crippen LogP contribution in [0.3, 0.4) is 0 Å². The molecule has 36 heavy (non-hydrogen) atoms. The lowest BCUT2D eigenvalue weighted by Gasteiger charge is -2.31. The van der Waals surface area contributed by atoms with Gasteiger partial charge in [-0.2, -0.15) is 4.98 Å². The zero-order valence-corrected chi connectivity index (χ0v) is 21.8. The summed E-state index contributed by atoms with van der Waals surface area (Å²) < 4.78 is 25.7. The predicted octanol–water partition coefficient (Wildman–Crippen LogP) is 4.49. The van der Waals surface area contributed by atoms with E-state index in [0.29, 0.717) is 41.0 Å². The molecule has 4 heterocycles. The van der Waals surface area contributed by atoms with Crippen LogP contribution in [0, 0.1) is 5.82 Å². The number of piperidine rings is 1. The van der Waals surface area contributed by atoms with Crippen molar-refractivity contribution in [2.75, 3.05) is 26.8 Å². The van der Waals surface area contributed by atoms with Crippen molar-refractivity contribution in [3.05, 3.63) is 62.7 Å². The molecular formula is C24H23BrFN5O4S. The quantitative estimate of drug-likeness (QED) is 0.409. The van der Waals surface area contributed by atoms with E-state index in [2.05, 4.69) is 31.1 Å². The average Bonchev–Trinajstić information content (AvgIpc) is 3.58. The molecule has 2 aromatic heterocycles. The Kier molecular flexibility index (Phi) is 7.42. The number of aromatic nitrogens is 3. The van der Waals surface area contributed by atoms with E-state index in [1.54, 1.807) is 28.4 Å². The van der Waals surface area contributed by atoms with Crippen LogP contribution in [0.4, 0.5) is 4.39 Å². The van der Waals surface area contributed by atoms with Gasteiger partial charge >= 0.3 is 0 Å². The number of nitrogens with zero attached hydrogens (tertiary/aromatic N) is 5. The Hall–Kier alpha value is -3.12. The summed E-state index contributed by atoms with van der Waals surface area (Å²) in [6.45, 7) is 1.13. The van der Waals surface area contributed by atoms with E-state index in [-0.39, 0.29) is 30.1 Å². The van der Waals surface area contributed by atoms with Crippen LogP contribution < -0.4 is 9.47 Å². The van der Waals surface area contributed by atoms with E-state index in [1.807, 2.05) is 5.38 Å². The number of benzene rings is 1. The minimum Gasteiger partial charge on any atom is -0.490 e. The molecule has 2 aliphatic rings. The summed E-state index contributed by atoms with van der Waals surface area (Å²) in [5.41, 5.74) is 1.93. The molecule has 1 fully saturated rings. The monoisotopic (exact) mass is 575 g/mol. The van der Waals surface area contributed by atoms with Gasteiger partial charge in [0.15, 0.2) is 18.5 Å². The van der Waals surface area contributed by atoms with Gasteiger partial charge in [-0.1, -0.05) is 27.2 Å². The molecule has 0 radical (unpaired) electrons. The molecule has 2 aliphatic heterocycles. The first-order chi connectivity index (χ1) is 17.5. The van der Waals surface area contributed by atoms with Crippen molar-refractivity contribution >= 4 is 38.9 Å². The third kappa shape index (κ3) is 5.19. The molecule has 0 spiro atoms. The van der Waals surface area contributed by atoms with Crippen molar-refractivity contribution < 1.29 is 23.5 Å². The lowest BCUT2D eigenvalue weighted by Crippen LogP contribution is -2.40. The lowest BCUT2D eigenvalue weighted by atomic mass is 9.97. The molecule has 0 saturated carbocycles. The molecule has 1 unspecified atom stereocenters. The summed E-state index contributed by atoms with van der Waals surface area (Å²) in [7, 11) is 1.50. The Balaban J connectivity index is 1.14. The predicted molar refractivity (Wildman–Crippen MR) is 134 cm³/mol. The van der Waals surface area contributed by atoms with Crippen LogP contribution in [0.15, 0.2) is 45.7 Å². The number of methoxy groups -OCH3 is 1. The van der Waals surface area contributed by atoms with E-state index in [1.165, 1.54) is 25.7 Å². The SMILES string of the molecule is COc1cncnc1OCC(=O)N1CCC(c2nc(C3=NOC(c4c(F)cccc4Br)C3)cs2)CC1. The topological polar surface area (TPSA) is 99.0 Å². The largest absolute Gasteiger partial charge is 0.490 e. The summed E-state index contributed by atoms with van der Waals surface area (Å²) in [6, 6.07) is 4.85. The van der Waals surface area contributed by atoms with Gasteiger partial charge in [0, 0.05) is 40.8 Å². The first-order valence-electron chi connectivity index (χ1n) is 11.4. The molecule has 0 aliphatic carbocycles. The standard InChI is InChI=1S/C24H23BrFN5O4S/c1-33-20-10-27-13-28-23(20)34-11-21(32)31-7-5-14(6-8-31)24-29-18(12-36-24)17-9-19(35-30-17)22-15(25)3-2-4-16(22)26/h2-4,10,12-14,19H,5-9,11H2,1H3. The van der Waals surface area contributed by atoms with Crippen molar-refractivity contribution in [2.24, 2.45) is 5.16 Å². The molecule has 5 rings (SSSR count). The van der Waals surface area contributed by atoms with Gasteiger partial charge in [-0.25, -0.2) is 14.4 Å². The number of oxime groups is 1. The van der Waals surface area contributed by atoms with Gasteiger partial charge in [-0.05, 0) is 25.0 Å². The van der Waals surface area contributed by atoms with Crippen LogP contribution in [0.5, 0.6) is 11.6 Å². The molecule has 12 heteroatoms.